The van der Waals surface area contributed by atoms with Gasteiger partial charge in [-0.1, -0.05) is 30.3 Å². The molecular weight excluding hydrogens is 250 g/mol. The van der Waals surface area contributed by atoms with Crippen LogP contribution in [0.15, 0.2) is 54.6 Å². The number of hydrogen-bond acceptors (Lipinski definition) is 2. The van der Waals surface area contributed by atoms with E-state index in [1.54, 1.807) is 0 Å². The highest BCUT2D eigenvalue weighted by molar-refractivity contribution is 5.27. The molecule has 0 radical (unpaired) electrons. The first-order chi connectivity index (χ1) is 9.88. The molecule has 0 unspecified atom stereocenters. The highest BCUT2D eigenvalue weighted by atomic mass is 16.5. The lowest BCUT2D eigenvalue weighted by molar-refractivity contribution is -0.671. The molecule has 0 aliphatic rings. The number of benzene rings is 2. The Bertz CT molecular complexity index is 482. The molecule has 0 saturated carbocycles. The summed E-state index contributed by atoms with van der Waals surface area (Å²) >= 11 is 0. The second kappa shape index (κ2) is 8.35. The molecule has 2 rings (SSSR count). The van der Waals surface area contributed by atoms with E-state index in [9.17, 15) is 0 Å². The molecule has 0 bridgehead atoms. The number of hydrogen-bond donors (Lipinski definition) is 2. The van der Waals surface area contributed by atoms with Gasteiger partial charge in [0.25, 0.3) is 0 Å². The van der Waals surface area contributed by atoms with Crippen molar-refractivity contribution in [1.29, 1.82) is 0 Å². The molecule has 3 N–H and O–H groups in total. The molecule has 0 aromatic heterocycles. The molecule has 0 fully saturated rings. The zero-order chi connectivity index (χ0) is 14.0. The smallest absolute Gasteiger partial charge is 0.119 e. The lowest BCUT2D eigenvalue weighted by atomic mass is 10.2. The van der Waals surface area contributed by atoms with Gasteiger partial charge < -0.3 is 15.2 Å². The van der Waals surface area contributed by atoms with Crippen LogP contribution in [-0.2, 0) is 13.2 Å². The molecule has 0 amide bonds. The number of quaternary nitrogens is 1. The van der Waals surface area contributed by atoms with E-state index in [1.165, 1.54) is 11.1 Å². The number of rotatable bonds is 8. The Kier molecular flexibility index (Phi) is 6.08. The summed E-state index contributed by atoms with van der Waals surface area (Å²) in [6.45, 7) is 2.77. The van der Waals surface area contributed by atoms with Crippen LogP contribution in [-0.4, -0.2) is 18.3 Å². The molecule has 0 spiro atoms. The van der Waals surface area contributed by atoms with Crippen LogP contribution in [0.1, 0.15) is 17.5 Å². The van der Waals surface area contributed by atoms with Gasteiger partial charge in [-0.15, -0.1) is 0 Å². The summed E-state index contributed by atoms with van der Waals surface area (Å²) in [5.74, 6) is 0.896. The summed E-state index contributed by atoms with van der Waals surface area (Å²) in [5, 5.41) is 10.9. The van der Waals surface area contributed by atoms with Gasteiger partial charge in [0.1, 0.15) is 18.9 Å². The summed E-state index contributed by atoms with van der Waals surface area (Å²) in [6.07, 6.45) is 0.846. The predicted octanol–water partition coefficient (Wildman–Crippen LogP) is 1.71. The lowest BCUT2D eigenvalue weighted by Gasteiger charge is -2.07. The molecule has 20 heavy (non-hydrogen) atoms. The van der Waals surface area contributed by atoms with Crippen molar-refractivity contribution in [1.82, 2.24) is 0 Å². The van der Waals surface area contributed by atoms with E-state index in [1.807, 2.05) is 30.3 Å². The van der Waals surface area contributed by atoms with Crippen LogP contribution >= 0.6 is 0 Å². The topological polar surface area (TPSA) is 46.1 Å². The van der Waals surface area contributed by atoms with Crippen LogP contribution in [0, 0.1) is 0 Å². The minimum atomic E-state index is 0.267. The average molecular weight is 272 g/mol. The normalized spacial score (nSPS) is 10.4. The van der Waals surface area contributed by atoms with E-state index in [2.05, 4.69) is 29.6 Å². The van der Waals surface area contributed by atoms with E-state index in [4.69, 9.17) is 9.84 Å². The molecule has 0 atom stereocenters. The Hall–Kier alpha value is -1.84. The highest BCUT2D eigenvalue weighted by Crippen LogP contribution is 2.13. The highest BCUT2D eigenvalue weighted by Gasteiger charge is 1.98. The molecule has 0 aliphatic carbocycles. The molecule has 106 valence electrons. The Labute approximate surface area is 120 Å². The van der Waals surface area contributed by atoms with Gasteiger partial charge in [0, 0.05) is 18.6 Å². The maximum absolute atomic E-state index is 8.72. The Morgan fingerprint density at radius 3 is 2.35 bits per heavy atom. The van der Waals surface area contributed by atoms with Gasteiger partial charge in [-0.05, 0) is 29.8 Å². The second-order valence-corrected chi connectivity index (χ2v) is 4.78. The standard InChI is InChI=1S/C17H21NO2/c19-12-4-11-18-13-15-7-9-17(10-8-15)20-14-16-5-2-1-3-6-16/h1-3,5-10,18-19H,4,11-14H2/p+1. The van der Waals surface area contributed by atoms with E-state index in [-0.39, 0.29) is 6.61 Å². The summed E-state index contributed by atoms with van der Waals surface area (Å²) in [6, 6.07) is 18.4. The second-order valence-electron chi connectivity index (χ2n) is 4.78. The number of aliphatic hydroxyl groups excluding tert-OH is 1. The molecule has 3 nitrogen and oxygen atoms in total. The fourth-order valence-corrected chi connectivity index (χ4v) is 1.97. The minimum Gasteiger partial charge on any atom is -0.489 e. The van der Waals surface area contributed by atoms with Crippen molar-refractivity contribution in [2.45, 2.75) is 19.6 Å². The first-order valence-electron chi connectivity index (χ1n) is 7.06. The van der Waals surface area contributed by atoms with Gasteiger partial charge in [-0.3, -0.25) is 0 Å². The van der Waals surface area contributed by atoms with Crippen LogP contribution in [0.2, 0.25) is 0 Å². The van der Waals surface area contributed by atoms with Crippen LogP contribution in [0.4, 0.5) is 0 Å². The zero-order valence-electron chi connectivity index (χ0n) is 11.7. The molecule has 0 heterocycles. The summed E-state index contributed by atoms with van der Waals surface area (Å²) < 4.78 is 5.75. The van der Waals surface area contributed by atoms with Gasteiger partial charge in [0.05, 0.1) is 6.54 Å². The van der Waals surface area contributed by atoms with E-state index >= 15 is 0 Å². The zero-order valence-corrected chi connectivity index (χ0v) is 11.7. The molecular formula is C17H22NO2+. The molecule has 2 aromatic rings. The molecule has 0 aliphatic heterocycles. The fraction of sp³-hybridized carbons (Fsp3) is 0.294. The third kappa shape index (κ3) is 5.03. The first kappa shape index (κ1) is 14.6. The van der Waals surface area contributed by atoms with Crippen molar-refractivity contribution < 1.29 is 15.2 Å². The Morgan fingerprint density at radius 1 is 0.900 bits per heavy atom. The number of ether oxygens (including phenoxy) is 1. The fourth-order valence-electron chi connectivity index (χ4n) is 1.97. The largest absolute Gasteiger partial charge is 0.489 e. The van der Waals surface area contributed by atoms with Gasteiger partial charge in [-0.2, -0.15) is 0 Å². The van der Waals surface area contributed by atoms with Gasteiger partial charge >= 0.3 is 0 Å². The maximum Gasteiger partial charge on any atom is 0.119 e. The maximum atomic E-state index is 8.72. The lowest BCUT2D eigenvalue weighted by Crippen LogP contribution is -2.82. The van der Waals surface area contributed by atoms with Gasteiger partial charge in [-0.25, -0.2) is 0 Å². The third-order valence-corrected chi connectivity index (χ3v) is 3.12. The van der Waals surface area contributed by atoms with Crippen molar-refractivity contribution >= 4 is 0 Å². The van der Waals surface area contributed by atoms with Crippen LogP contribution in [0.5, 0.6) is 5.75 Å². The molecule has 3 heteroatoms. The summed E-state index contributed by atoms with van der Waals surface area (Å²) in [4.78, 5) is 0. The van der Waals surface area contributed by atoms with Crippen molar-refractivity contribution in [2.24, 2.45) is 0 Å². The van der Waals surface area contributed by atoms with E-state index in [0.29, 0.717) is 6.61 Å². The predicted molar refractivity (Wildman–Crippen MR) is 79.4 cm³/mol. The van der Waals surface area contributed by atoms with Crippen LogP contribution in [0.3, 0.4) is 0 Å². The van der Waals surface area contributed by atoms with Gasteiger partial charge in [0.2, 0.25) is 0 Å². The Balaban J connectivity index is 1.76. The number of aliphatic hydroxyl groups is 1. The average Bonchev–Trinajstić information content (AvgIpc) is 2.52. The van der Waals surface area contributed by atoms with E-state index < -0.39 is 0 Å². The van der Waals surface area contributed by atoms with Crippen molar-refractivity contribution in [3.63, 3.8) is 0 Å². The number of nitrogens with two attached hydrogens (primary N) is 1. The minimum absolute atomic E-state index is 0.267. The monoisotopic (exact) mass is 272 g/mol. The van der Waals surface area contributed by atoms with Crippen molar-refractivity contribution in [3.8, 4) is 5.75 Å². The van der Waals surface area contributed by atoms with Crippen LogP contribution < -0.4 is 10.1 Å². The summed E-state index contributed by atoms with van der Waals surface area (Å²) in [7, 11) is 0. The molecule has 2 aromatic carbocycles. The first-order valence-corrected chi connectivity index (χ1v) is 7.06. The Morgan fingerprint density at radius 2 is 1.65 bits per heavy atom. The van der Waals surface area contributed by atoms with Crippen molar-refractivity contribution in [2.75, 3.05) is 13.2 Å². The third-order valence-electron chi connectivity index (χ3n) is 3.12. The summed E-state index contributed by atoms with van der Waals surface area (Å²) in [5.41, 5.74) is 2.45. The van der Waals surface area contributed by atoms with Crippen molar-refractivity contribution in [3.05, 3.63) is 65.7 Å². The van der Waals surface area contributed by atoms with E-state index in [0.717, 1.165) is 25.3 Å². The SMILES string of the molecule is OCCC[NH2+]Cc1ccc(OCc2ccccc2)cc1. The van der Waals surface area contributed by atoms with Gasteiger partial charge in [0.15, 0.2) is 0 Å². The quantitative estimate of drug-likeness (QED) is 0.719. The van der Waals surface area contributed by atoms with Crippen LogP contribution in [0.25, 0.3) is 0 Å². The molecule has 0 saturated heterocycles.